The first-order valence-electron chi connectivity index (χ1n) is 6.36. The molecule has 8 heteroatoms. The Balaban J connectivity index is 2.16. The number of β-amino-alcohol motifs (C(OH)–C–C–N with tert-alkyl or cyclic N) is 1. The molecule has 0 radical (unpaired) electrons. The quantitative estimate of drug-likeness (QED) is 0.687. The molecule has 0 aromatic rings. The zero-order valence-electron chi connectivity index (χ0n) is 10.9. The second-order valence-corrected chi connectivity index (χ2v) is 7.34. The average molecular weight is 292 g/mol. The van der Waals surface area contributed by atoms with Crippen molar-refractivity contribution >= 4 is 16.0 Å². The lowest BCUT2D eigenvalue weighted by Crippen LogP contribution is -2.62. The lowest BCUT2D eigenvalue weighted by Gasteiger charge is -2.47. The normalized spacial score (nSPS) is 33.9. The molecular formula is C11H20N2O5S. The summed E-state index contributed by atoms with van der Waals surface area (Å²) in [7, 11) is -3.35. The summed E-state index contributed by atoms with van der Waals surface area (Å²) in [5, 5.41) is 19.1. The van der Waals surface area contributed by atoms with Gasteiger partial charge in [-0.25, -0.2) is 8.42 Å². The van der Waals surface area contributed by atoms with Gasteiger partial charge in [0.1, 0.15) is 0 Å². The Morgan fingerprint density at radius 1 is 1.37 bits per heavy atom. The Hall–Kier alpha value is -0.700. The standard InChI is InChI=1S/C11H20N2O5S/c1-19(17,18)13-5-2-3-11(13)4-6-12(7-9(11)14)8-10(15)16/h9,14H,2-8H2,1H3,(H,15,16)/t9-,11-/m0/s1. The Bertz CT molecular complexity index is 466. The predicted octanol–water partition coefficient (Wildman–Crippen LogP) is -1.07. The Labute approximate surface area is 112 Å². The second-order valence-electron chi connectivity index (χ2n) is 5.44. The molecule has 7 nitrogen and oxygen atoms in total. The van der Waals surface area contributed by atoms with Crippen molar-refractivity contribution < 1.29 is 23.4 Å². The van der Waals surface area contributed by atoms with E-state index in [-0.39, 0.29) is 13.1 Å². The first-order valence-corrected chi connectivity index (χ1v) is 8.20. The summed E-state index contributed by atoms with van der Waals surface area (Å²) in [6.45, 7) is 1.02. The van der Waals surface area contributed by atoms with E-state index >= 15 is 0 Å². The van der Waals surface area contributed by atoms with Crippen molar-refractivity contribution in [3.8, 4) is 0 Å². The summed E-state index contributed by atoms with van der Waals surface area (Å²) >= 11 is 0. The van der Waals surface area contributed by atoms with Crippen LogP contribution in [0.5, 0.6) is 0 Å². The number of carboxylic acids is 1. The van der Waals surface area contributed by atoms with Crippen molar-refractivity contribution in [2.75, 3.05) is 32.4 Å². The number of rotatable bonds is 3. The number of carboxylic acid groups (broad SMARTS) is 1. The van der Waals surface area contributed by atoms with Crippen LogP contribution in [0.4, 0.5) is 0 Å². The minimum Gasteiger partial charge on any atom is -0.480 e. The van der Waals surface area contributed by atoms with Crippen molar-refractivity contribution in [1.29, 1.82) is 0 Å². The number of hydrogen-bond donors (Lipinski definition) is 2. The monoisotopic (exact) mass is 292 g/mol. The minimum atomic E-state index is -3.35. The average Bonchev–Trinajstić information content (AvgIpc) is 2.67. The van der Waals surface area contributed by atoms with E-state index in [0.29, 0.717) is 25.9 Å². The number of aliphatic hydroxyl groups is 1. The van der Waals surface area contributed by atoms with Crippen LogP contribution < -0.4 is 0 Å². The van der Waals surface area contributed by atoms with Crippen molar-refractivity contribution in [3.63, 3.8) is 0 Å². The predicted molar refractivity (Wildman–Crippen MR) is 68.2 cm³/mol. The van der Waals surface area contributed by atoms with Gasteiger partial charge < -0.3 is 10.2 Å². The van der Waals surface area contributed by atoms with Crippen molar-refractivity contribution in [1.82, 2.24) is 9.21 Å². The Morgan fingerprint density at radius 2 is 2.05 bits per heavy atom. The third-order valence-electron chi connectivity index (χ3n) is 4.14. The van der Waals surface area contributed by atoms with Crippen molar-refractivity contribution in [2.24, 2.45) is 0 Å². The Kier molecular flexibility index (Phi) is 3.87. The van der Waals surface area contributed by atoms with E-state index in [1.54, 1.807) is 4.90 Å². The molecule has 0 unspecified atom stereocenters. The smallest absolute Gasteiger partial charge is 0.317 e. The number of sulfonamides is 1. The van der Waals surface area contributed by atoms with Gasteiger partial charge in [0, 0.05) is 19.6 Å². The molecular weight excluding hydrogens is 272 g/mol. The largest absolute Gasteiger partial charge is 0.480 e. The molecule has 2 N–H and O–H groups in total. The molecule has 0 bridgehead atoms. The van der Waals surface area contributed by atoms with E-state index in [9.17, 15) is 18.3 Å². The summed E-state index contributed by atoms with van der Waals surface area (Å²) in [5.74, 6) is -0.936. The molecule has 0 aromatic carbocycles. The highest BCUT2D eigenvalue weighted by Crippen LogP contribution is 2.40. The number of likely N-dealkylation sites (tertiary alicyclic amines) is 1. The van der Waals surface area contributed by atoms with Gasteiger partial charge >= 0.3 is 5.97 Å². The maximum absolute atomic E-state index is 11.8. The van der Waals surface area contributed by atoms with E-state index < -0.39 is 27.6 Å². The SMILES string of the molecule is CS(=O)(=O)N1CCC[C@@]12CCN(CC(=O)O)C[C@@H]2O. The van der Waals surface area contributed by atoms with E-state index in [1.807, 2.05) is 0 Å². The molecule has 2 heterocycles. The molecule has 19 heavy (non-hydrogen) atoms. The molecule has 2 saturated heterocycles. The van der Waals surface area contributed by atoms with Crippen LogP contribution >= 0.6 is 0 Å². The molecule has 2 atom stereocenters. The fraction of sp³-hybridized carbons (Fsp3) is 0.909. The van der Waals surface area contributed by atoms with E-state index in [0.717, 1.165) is 12.7 Å². The van der Waals surface area contributed by atoms with Gasteiger partial charge in [0.25, 0.3) is 0 Å². The summed E-state index contributed by atoms with van der Waals surface area (Å²) in [6.07, 6.45) is 2.19. The minimum absolute atomic E-state index is 0.119. The zero-order chi connectivity index (χ0) is 14.3. The van der Waals surface area contributed by atoms with Crippen LogP contribution in [0.25, 0.3) is 0 Å². The van der Waals surface area contributed by atoms with Crippen molar-refractivity contribution in [3.05, 3.63) is 0 Å². The molecule has 0 aromatic heterocycles. The van der Waals surface area contributed by atoms with Crippen LogP contribution in [0.2, 0.25) is 0 Å². The number of piperidine rings is 1. The summed E-state index contributed by atoms with van der Waals surface area (Å²) in [6, 6.07) is 0. The lowest BCUT2D eigenvalue weighted by atomic mass is 9.83. The highest BCUT2D eigenvalue weighted by Gasteiger charge is 2.52. The van der Waals surface area contributed by atoms with E-state index in [4.69, 9.17) is 5.11 Å². The van der Waals surface area contributed by atoms with Crippen LogP contribution in [0.3, 0.4) is 0 Å². The zero-order valence-corrected chi connectivity index (χ0v) is 11.8. The van der Waals surface area contributed by atoms with Gasteiger partial charge in [0.2, 0.25) is 10.0 Å². The van der Waals surface area contributed by atoms with Gasteiger partial charge in [-0.15, -0.1) is 0 Å². The number of aliphatic hydroxyl groups excluding tert-OH is 1. The van der Waals surface area contributed by atoms with Gasteiger partial charge in [-0.2, -0.15) is 4.31 Å². The fourth-order valence-corrected chi connectivity index (χ4v) is 4.74. The number of nitrogens with zero attached hydrogens (tertiary/aromatic N) is 2. The maximum Gasteiger partial charge on any atom is 0.317 e. The molecule has 110 valence electrons. The highest BCUT2D eigenvalue weighted by atomic mass is 32.2. The maximum atomic E-state index is 11.8. The second kappa shape index (κ2) is 5.01. The van der Waals surface area contributed by atoms with Crippen LogP contribution in [-0.4, -0.2) is 77.9 Å². The van der Waals surface area contributed by atoms with Crippen LogP contribution in [0.1, 0.15) is 19.3 Å². The summed E-state index contributed by atoms with van der Waals surface area (Å²) in [4.78, 5) is 12.3. The van der Waals surface area contributed by atoms with Gasteiger partial charge in [-0.1, -0.05) is 0 Å². The number of carbonyl (C=O) groups is 1. The van der Waals surface area contributed by atoms with Gasteiger partial charge in [0.05, 0.1) is 24.4 Å². The molecule has 0 saturated carbocycles. The van der Waals surface area contributed by atoms with Crippen LogP contribution in [0, 0.1) is 0 Å². The summed E-state index contributed by atoms with van der Waals surface area (Å²) < 4.78 is 25.0. The van der Waals surface area contributed by atoms with E-state index in [1.165, 1.54) is 4.31 Å². The summed E-state index contributed by atoms with van der Waals surface area (Å²) in [5.41, 5.74) is -0.734. The molecule has 0 aliphatic carbocycles. The molecule has 0 amide bonds. The molecule has 2 aliphatic rings. The first-order chi connectivity index (χ1) is 8.75. The van der Waals surface area contributed by atoms with Gasteiger partial charge in [0.15, 0.2) is 0 Å². The van der Waals surface area contributed by atoms with Crippen molar-refractivity contribution in [2.45, 2.75) is 30.9 Å². The molecule has 2 rings (SSSR count). The molecule has 1 spiro atoms. The first kappa shape index (κ1) is 14.7. The Morgan fingerprint density at radius 3 is 2.58 bits per heavy atom. The highest BCUT2D eigenvalue weighted by molar-refractivity contribution is 7.88. The fourth-order valence-electron chi connectivity index (χ4n) is 3.31. The van der Waals surface area contributed by atoms with E-state index in [2.05, 4.69) is 0 Å². The lowest BCUT2D eigenvalue weighted by molar-refractivity contribution is -0.140. The topological polar surface area (TPSA) is 98.2 Å². The third-order valence-corrected chi connectivity index (χ3v) is 5.49. The molecule has 2 aliphatic heterocycles. The number of hydrogen-bond acceptors (Lipinski definition) is 5. The third kappa shape index (κ3) is 2.76. The molecule has 2 fully saturated rings. The van der Waals surface area contributed by atoms with Crippen LogP contribution in [-0.2, 0) is 14.8 Å². The van der Waals surface area contributed by atoms with Gasteiger partial charge in [-0.3, -0.25) is 9.69 Å². The number of aliphatic carboxylic acids is 1. The van der Waals surface area contributed by atoms with Crippen LogP contribution in [0.15, 0.2) is 0 Å². The van der Waals surface area contributed by atoms with Gasteiger partial charge in [-0.05, 0) is 19.3 Å².